The molecule has 0 aromatic heterocycles. The summed E-state index contributed by atoms with van der Waals surface area (Å²) in [4.78, 5) is 35.2. The maximum Gasteiger partial charge on any atom is 0.343 e. The van der Waals surface area contributed by atoms with E-state index in [9.17, 15) is 9.59 Å². The molecule has 81 heavy (non-hydrogen) atoms. The average molecular weight is 1100 g/mol. The van der Waals surface area contributed by atoms with Gasteiger partial charge in [-0.05, 0) is 139 Å². The fourth-order valence-electron chi connectivity index (χ4n) is 9.86. The standard InChI is InChI=1S/C73H94N2O6/c1-3-5-7-9-11-13-15-17-19-21-23-25-27-29-55-78-68-51-43-66(44-52-68)74-58-62-31-39-64(40-32-62)72(76)80-70-47-35-60(36-48-70)57-61-37-49-71(50-38-61)81-73(77)65-41-33-63(34-42-65)59-75-67-45-53-69(54-46-67)79-56-30-28-26-24-22-20-18-16-14-12-10-8-6-4-2/h31-54,58-59H,3-30,55-57H2,1-2H3. The number of benzene rings is 6. The molecule has 0 fully saturated rings. The lowest BCUT2D eigenvalue weighted by molar-refractivity contribution is 0.0725. The van der Waals surface area contributed by atoms with Gasteiger partial charge in [-0.2, -0.15) is 0 Å². The van der Waals surface area contributed by atoms with Crippen molar-refractivity contribution in [1.29, 1.82) is 0 Å². The predicted molar refractivity (Wildman–Crippen MR) is 337 cm³/mol. The van der Waals surface area contributed by atoms with Crippen LogP contribution in [-0.2, 0) is 6.42 Å². The van der Waals surface area contributed by atoms with Gasteiger partial charge in [0.2, 0.25) is 0 Å². The minimum Gasteiger partial charge on any atom is -0.494 e. The van der Waals surface area contributed by atoms with Crippen molar-refractivity contribution in [2.45, 2.75) is 200 Å². The van der Waals surface area contributed by atoms with Crippen molar-refractivity contribution in [3.63, 3.8) is 0 Å². The van der Waals surface area contributed by atoms with Crippen molar-refractivity contribution in [1.82, 2.24) is 0 Å². The van der Waals surface area contributed by atoms with Gasteiger partial charge in [0, 0.05) is 12.4 Å². The maximum absolute atomic E-state index is 13.0. The summed E-state index contributed by atoms with van der Waals surface area (Å²) in [7, 11) is 0. The van der Waals surface area contributed by atoms with E-state index in [1.807, 2.05) is 97.1 Å². The number of unbranched alkanes of at least 4 members (excludes halogenated alkanes) is 26. The number of hydrogen-bond acceptors (Lipinski definition) is 8. The number of aliphatic imine (C=N–C) groups is 2. The highest BCUT2D eigenvalue weighted by Gasteiger charge is 2.11. The van der Waals surface area contributed by atoms with Crippen LogP contribution in [0.3, 0.4) is 0 Å². The Labute approximate surface area is 487 Å². The van der Waals surface area contributed by atoms with Crippen LogP contribution in [-0.4, -0.2) is 37.6 Å². The average Bonchev–Trinajstić information content (AvgIpc) is 3.52. The van der Waals surface area contributed by atoms with Gasteiger partial charge < -0.3 is 18.9 Å². The van der Waals surface area contributed by atoms with Gasteiger partial charge in [0.25, 0.3) is 0 Å². The quantitative estimate of drug-likeness (QED) is 0.0164. The van der Waals surface area contributed by atoms with Gasteiger partial charge in [-0.15, -0.1) is 0 Å². The third kappa shape index (κ3) is 27.0. The topological polar surface area (TPSA) is 95.8 Å². The van der Waals surface area contributed by atoms with Crippen LogP contribution in [0.2, 0.25) is 0 Å². The molecule has 0 aliphatic rings. The molecule has 432 valence electrons. The number of carbonyl (C=O) groups excluding carboxylic acids is 2. The van der Waals surface area contributed by atoms with Crippen molar-refractivity contribution >= 4 is 35.7 Å². The second kappa shape index (κ2) is 39.6. The largest absolute Gasteiger partial charge is 0.494 e. The molecule has 0 spiro atoms. The number of hydrogen-bond donors (Lipinski definition) is 0. The van der Waals surface area contributed by atoms with Crippen LogP contribution in [0.4, 0.5) is 11.4 Å². The van der Waals surface area contributed by atoms with Crippen molar-refractivity contribution in [3.8, 4) is 23.0 Å². The second-order valence-electron chi connectivity index (χ2n) is 21.9. The smallest absolute Gasteiger partial charge is 0.343 e. The molecule has 0 radical (unpaired) electrons. The highest BCUT2D eigenvalue weighted by atomic mass is 16.5. The van der Waals surface area contributed by atoms with Crippen LogP contribution in [0, 0.1) is 0 Å². The fraction of sp³-hybridized carbons (Fsp3) is 0.452. The molecule has 8 heteroatoms. The van der Waals surface area contributed by atoms with E-state index in [-0.39, 0.29) is 0 Å². The van der Waals surface area contributed by atoms with E-state index in [0.29, 0.717) is 29.0 Å². The Morgan fingerprint density at radius 3 is 0.889 bits per heavy atom. The summed E-state index contributed by atoms with van der Waals surface area (Å²) in [5.41, 5.74) is 6.41. The number of carbonyl (C=O) groups is 2. The molecule has 6 rings (SSSR count). The lowest BCUT2D eigenvalue weighted by Gasteiger charge is -2.08. The fourth-order valence-corrected chi connectivity index (χ4v) is 9.86. The van der Waals surface area contributed by atoms with Crippen LogP contribution >= 0.6 is 0 Å². The van der Waals surface area contributed by atoms with E-state index in [0.717, 1.165) is 71.2 Å². The Morgan fingerprint density at radius 2 is 0.593 bits per heavy atom. The van der Waals surface area contributed by atoms with Gasteiger partial charge in [0.15, 0.2) is 0 Å². The summed E-state index contributed by atoms with van der Waals surface area (Å²) in [6.07, 6.45) is 41.9. The summed E-state index contributed by atoms with van der Waals surface area (Å²) in [5.74, 6) is 1.79. The molecule has 8 nitrogen and oxygen atoms in total. The van der Waals surface area contributed by atoms with Crippen molar-refractivity contribution < 1.29 is 28.5 Å². The lowest BCUT2D eigenvalue weighted by Crippen LogP contribution is -2.08. The zero-order valence-corrected chi connectivity index (χ0v) is 49.3. The third-order valence-corrected chi connectivity index (χ3v) is 14.9. The van der Waals surface area contributed by atoms with E-state index in [1.54, 1.807) is 61.0 Å². The van der Waals surface area contributed by atoms with Crippen molar-refractivity contribution in [2.75, 3.05) is 13.2 Å². The molecule has 0 bridgehead atoms. The van der Waals surface area contributed by atoms with Gasteiger partial charge in [0.05, 0.1) is 35.7 Å². The molecule has 0 saturated heterocycles. The zero-order chi connectivity index (χ0) is 56.6. The van der Waals surface area contributed by atoms with Crippen LogP contribution in [0.5, 0.6) is 23.0 Å². The van der Waals surface area contributed by atoms with Crippen LogP contribution in [0.15, 0.2) is 156 Å². The minimum absolute atomic E-state index is 0.432. The highest BCUT2D eigenvalue weighted by Crippen LogP contribution is 2.24. The van der Waals surface area contributed by atoms with Crippen molar-refractivity contribution in [3.05, 3.63) is 179 Å². The molecular formula is C73H94N2O6. The monoisotopic (exact) mass is 1090 g/mol. The first-order valence-electron chi connectivity index (χ1n) is 31.3. The summed E-state index contributed by atoms with van der Waals surface area (Å²) in [6, 6.07) is 45.1. The SMILES string of the molecule is CCCCCCCCCCCCCCCCOc1ccc(N=Cc2ccc(C(=O)Oc3ccc(Cc4ccc(OC(=O)c5ccc(C=Nc6ccc(OCCCCCCCCCCCCCCCC)cc6)cc5)cc4)cc3)cc2)cc1. The first kappa shape index (κ1) is 63.4. The molecule has 6 aromatic rings. The molecule has 0 saturated carbocycles. The molecule has 6 aromatic carbocycles. The Balaban J connectivity index is 0.800. The molecule has 0 heterocycles. The van der Waals surface area contributed by atoms with E-state index < -0.39 is 11.9 Å². The molecule has 0 aliphatic heterocycles. The van der Waals surface area contributed by atoms with Crippen LogP contribution < -0.4 is 18.9 Å². The number of esters is 2. The molecule has 0 aliphatic carbocycles. The summed E-state index contributed by atoms with van der Waals surface area (Å²) in [5, 5.41) is 0. The van der Waals surface area contributed by atoms with Gasteiger partial charge in [-0.1, -0.05) is 229 Å². The summed E-state index contributed by atoms with van der Waals surface area (Å²) in [6.45, 7) is 6.04. The normalized spacial score (nSPS) is 11.4. The number of ether oxygens (including phenoxy) is 4. The Hall–Kier alpha value is -6.80. The van der Waals surface area contributed by atoms with Crippen LogP contribution in [0.1, 0.15) is 237 Å². The van der Waals surface area contributed by atoms with E-state index in [1.165, 1.54) is 167 Å². The third-order valence-electron chi connectivity index (χ3n) is 14.9. The number of rotatable bonds is 42. The van der Waals surface area contributed by atoms with Gasteiger partial charge >= 0.3 is 11.9 Å². The molecule has 0 atom stereocenters. The first-order chi connectivity index (χ1) is 39.9. The Kier molecular flexibility index (Phi) is 31.0. The number of nitrogens with zero attached hydrogens (tertiary/aromatic N) is 2. The van der Waals surface area contributed by atoms with Gasteiger partial charge in [-0.25, -0.2) is 9.59 Å². The molecule has 0 N–H and O–H groups in total. The molecule has 0 unspecified atom stereocenters. The second-order valence-corrected chi connectivity index (χ2v) is 21.9. The minimum atomic E-state index is -0.432. The molecular weight excluding hydrogens is 1000 g/mol. The van der Waals surface area contributed by atoms with Gasteiger partial charge in [0.1, 0.15) is 23.0 Å². The molecule has 0 amide bonds. The Bertz CT molecular complexity index is 2470. The maximum atomic E-state index is 13.0. The Morgan fingerprint density at radius 1 is 0.321 bits per heavy atom. The van der Waals surface area contributed by atoms with E-state index in [4.69, 9.17) is 18.9 Å². The van der Waals surface area contributed by atoms with E-state index in [2.05, 4.69) is 23.8 Å². The van der Waals surface area contributed by atoms with E-state index >= 15 is 0 Å². The first-order valence-corrected chi connectivity index (χ1v) is 31.3. The zero-order valence-electron chi connectivity index (χ0n) is 49.3. The highest BCUT2D eigenvalue weighted by molar-refractivity contribution is 5.93. The van der Waals surface area contributed by atoms with Crippen molar-refractivity contribution in [2.24, 2.45) is 9.98 Å². The lowest BCUT2D eigenvalue weighted by atomic mass is 10.0. The summed E-state index contributed by atoms with van der Waals surface area (Å²) >= 11 is 0. The summed E-state index contributed by atoms with van der Waals surface area (Å²) < 4.78 is 23.3. The van der Waals surface area contributed by atoms with Crippen LogP contribution in [0.25, 0.3) is 0 Å². The predicted octanol–water partition coefficient (Wildman–Crippen LogP) is 20.9. The van der Waals surface area contributed by atoms with Gasteiger partial charge in [-0.3, -0.25) is 9.98 Å².